The van der Waals surface area contributed by atoms with Gasteiger partial charge >= 0.3 is 0 Å². The molecule has 0 saturated carbocycles. The van der Waals surface area contributed by atoms with Gasteiger partial charge in [-0.25, -0.2) is 4.98 Å². The molecule has 0 radical (unpaired) electrons. The second-order valence-corrected chi connectivity index (χ2v) is 6.81. The van der Waals surface area contributed by atoms with Crippen molar-refractivity contribution in [3.8, 4) is 34.2 Å². The first-order valence-electron chi connectivity index (χ1n) is 9.84. The molecule has 0 aliphatic rings. The summed E-state index contributed by atoms with van der Waals surface area (Å²) < 4.78 is 7.43. The van der Waals surface area contributed by atoms with Gasteiger partial charge in [0.15, 0.2) is 5.82 Å². The summed E-state index contributed by atoms with van der Waals surface area (Å²) in [6.07, 6.45) is 0. The molecule has 2 aromatic heterocycles. The number of rotatable bonds is 5. The second-order valence-electron chi connectivity index (χ2n) is 6.81. The molecule has 0 saturated heterocycles. The fraction of sp³-hybridized carbons (Fsp3) is 0.0870. The van der Waals surface area contributed by atoms with Crippen LogP contribution in [0.4, 0.5) is 0 Å². The number of tetrazole rings is 1. The quantitative estimate of drug-likeness (QED) is 0.475. The van der Waals surface area contributed by atoms with E-state index in [-0.39, 0.29) is 5.56 Å². The van der Waals surface area contributed by atoms with E-state index in [4.69, 9.17) is 9.72 Å². The molecule has 2 heterocycles. The standard InChI is InChI=1S/C23H18N6O2/c1-2-31-20-13-6-4-11-18(20)22-24-19-12-5-3-10-17(19)23(30)29(22)16-9-7-8-15(14-16)21-25-27-28-26-21/h3-14H,2H2,1H3,(H,25,26,27,28). The maximum atomic E-state index is 13.6. The van der Waals surface area contributed by atoms with Crippen LogP contribution in [0.2, 0.25) is 0 Å². The molecule has 0 atom stereocenters. The third kappa shape index (κ3) is 3.33. The maximum Gasteiger partial charge on any atom is 0.266 e. The highest BCUT2D eigenvalue weighted by Gasteiger charge is 2.18. The molecular formula is C23H18N6O2. The normalized spacial score (nSPS) is 11.0. The van der Waals surface area contributed by atoms with Gasteiger partial charge in [0.1, 0.15) is 5.75 Å². The predicted molar refractivity (Wildman–Crippen MR) is 117 cm³/mol. The van der Waals surface area contributed by atoms with E-state index in [1.807, 2.05) is 73.7 Å². The summed E-state index contributed by atoms with van der Waals surface area (Å²) in [5.74, 6) is 1.60. The summed E-state index contributed by atoms with van der Waals surface area (Å²) >= 11 is 0. The smallest absolute Gasteiger partial charge is 0.266 e. The highest BCUT2D eigenvalue weighted by molar-refractivity contribution is 5.81. The van der Waals surface area contributed by atoms with Crippen LogP contribution >= 0.6 is 0 Å². The average molecular weight is 410 g/mol. The van der Waals surface area contributed by atoms with Gasteiger partial charge in [-0.1, -0.05) is 36.4 Å². The van der Waals surface area contributed by atoms with Crippen molar-refractivity contribution in [2.75, 3.05) is 6.61 Å². The molecule has 5 aromatic rings. The van der Waals surface area contributed by atoms with Gasteiger partial charge in [0.2, 0.25) is 5.82 Å². The van der Waals surface area contributed by atoms with E-state index in [1.54, 1.807) is 10.6 Å². The lowest BCUT2D eigenvalue weighted by atomic mass is 10.1. The minimum atomic E-state index is -0.169. The Morgan fingerprint density at radius 1 is 1.00 bits per heavy atom. The number of para-hydroxylation sites is 2. The van der Waals surface area contributed by atoms with Crippen molar-refractivity contribution < 1.29 is 4.74 Å². The molecule has 0 aliphatic carbocycles. The first-order valence-corrected chi connectivity index (χ1v) is 9.84. The molecule has 0 fully saturated rings. The Balaban J connectivity index is 1.83. The largest absolute Gasteiger partial charge is 0.493 e. The van der Waals surface area contributed by atoms with Crippen LogP contribution in [0.3, 0.4) is 0 Å². The topological polar surface area (TPSA) is 98.6 Å². The maximum absolute atomic E-state index is 13.6. The molecule has 8 heteroatoms. The molecule has 5 rings (SSSR count). The van der Waals surface area contributed by atoms with Gasteiger partial charge in [-0.3, -0.25) is 9.36 Å². The van der Waals surface area contributed by atoms with Crippen LogP contribution in [0.5, 0.6) is 5.75 Å². The fourth-order valence-corrected chi connectivity index (χ4v) is 3.55. The fourth-order valence-electron chi connectivity index (χ4n) is 3.55. The molecule has 0 unspecified atom stereocenters. The van der Waals surface area contributed by atoms with Gasteiger partial charge in [0.25, 0.3) is 5.56 Å². The lowest BCUT2D eigenvalue weighted by Gasteiger charge is -2.16. The molecule has 0 amide bonds. The highest BCUT2D eigenvalue weighted by Crippen LogP contribution is 2.31. The van der Waals surface area contributed by atoms with E-state index >= 15 is 0 Å². The number of ether oxygens (including phenoxy) is 1. The number of nitrogens with zero attached hydrogens (tertiary/aromatic N) is 5. The Bertz CT molecular complexity index is 1430. The van der Waals surface area contributed by atoms with E-state index in [1.165, 1.54) is 0 Å². The average Bonchev–Trinajstić information content (AvgIpc) is 3.35. The van der Waals surface area contributed by atoms with Gasteiger partial charge in [-0.05, 0) is 48.5 Å². The minimum absolute atomic E-state index is 0.169. The molecule has 0 aliphatic heterocycles. The van der Waals surface area contributed by atoms with E-state index < -0.39 is 0 Å². The van der Waals surface area contributed by atoms with Crippen LogP contribution in [-0.4, -0.2) is 36.8 Å². The zero-order valence-electron chi connectivity index (χ0n) is 16.7. The molecule has 0 bridgehead atoms. The molecule has 152 valence electrons. The van der Waals surface area contributed by atoms with Crippen molar-refractivity contribution in [2.24, 2.45) is 0 Å². The number of aromatic nitrogens is 6. The van der Waals surface area contributed by atoms with Crippen molar-refractivity contribution in [3.63, 3.8) is 0 Å². The molecular weight excluding hydrogens is 392 g/mol. The first-order chi connectivity index (χ1) is 15.3. The molecule has 8 nitrogen and oxygen atoms in total. The van der Waals surface area contributed by atoms with Crippen LogP contribution in [-0.2, 0) is 0 Å². The number of H-pyrrole nitrogens is 1. The van der Waals surface area contributed by atoms with Crippen molar-refractivity contribution in [2.45, 2.75) is 6.92 Å². The van der Waals surface area contributed by atoms with Crippen molar-refractivity contribution >= 4 is 10.9 Å². The van der Waals surface area contributed by atoms with E-state index in [0.29, 0.717) is 40.6 Å². The minimum Gasteiger partial charge on any atom is -0.493 e. The third-order valence-corrected chi connectivity index (χ3v) is 4.91. The number of hydrogen-bond donors (Lipinski definition) is 1. The van der Waals surface area contributed by atoms with Gasteiger partial charge in [-0.2, -0.15) is 5.21 Å². The molecule has 31 heavy (non-hydrogen) atoms. The summed E-state index contributed by atoms with van der Waals surface area (Å²) in [7, 11) is 0. The summed E-state index contributed by atoms with van der Waals surface area (Å²) in [4.78, 5) is 18.5. The van der Waals surface area contributed by atoms with Crippen LogP contribution in [0.15, 0.2) is 77.6 Å². The molecule has 3 aromatic carbocycles. The van der Waals surface area contributed by atoms with Crippen LogP contribution in [0.25, 0.3) is 39.4 Å². The van der Waals surface area contributed by atoms with Gasteiger partial charge in [0.05, 0.1) is 28.8 Å². The number of aromatic amines is 1. The number of nitrogens with one attached hydrogen (secondary N) is 1. The van der Waals surface area contributed by atoms with Gasteiger partial charge in [0, 0.05) is 5.56 Å². The Morgan fingerprint density at radius 3 is 2.68 bits per heavy atom. The van der Waals surface area contributed by atoms with E-state index in [0.717, 1.165) is 11.1 Å². The van der Waals surface area contributed by atoms with Crippen molar-refractivity contribution in [3.05, 3.63) is 83.2 Å². The van der Waals surface area contributed by atoms with Crippen molar-refractivity contribution in [1.82, 2.24) is 30.2 Å². The Morgan fingerprint density at radius 2 is 1.84 bits per heavy atom. The monoisotopic (exact) mass is 410 g/mol. The highest BCUT2D eigenvalue weighted by atomic mass is 16.5. The van der Waals surface area contributed by atoms with Crippen LogP contribution < -0.4 is 10.3 Å². The summed E-state index contributed by atoms with van der Waals surface area (Å²) in [5, 5.41) is 14.7. The zero-order valence-corrected chi connectivity index (χ0v) is 16.7. The number of hydrogen-bond acceptors (Lipinski definition) is 6. The number of fused-ring (bicyclic) bond motifs is 1. The lowest BCUT2D eigenvalue weighted by molar-refractivity contribution is 0.341. The van der Waals surface area contributed by atoms with E-state index in [2.05, 4.69) is 20.6 Å². The second kappa shape index (κ2) is 7.83. The summed E-state index contributed by atoms with van der Waals surface area (Å²) in [6, 6.07) is 22.3. The van der Waals surface area contributed by atoms with Crippen molar-refractivity contribution in [1.29, 1.82) is 0 Å². The van der Waals surface area contributed by atoms with E-state index in [9.17, 15) is 4.79 Å². The van der Waals surface area contributed by atoms with Gasteiger partial charge in [-0.15, -0.1) is 10.2 Å². The van der Waals surface area contributed by atoms with Crippen LogP contribution in [0, 0.1) is 0 Å². The summed E-state index contributed by atoms with van der Waals surface area (Å²) in [6.45, 7) is 2.42. The molecule has 1 N–H and O–H groups in total. The lowest BCUT2D eigenvalue weighted by Crippen LogP contribution is -2.22. The molecule has 0 spiro atoms. The Labute approximate surface area is 177 Å². The number of benzene rings is 3. The SMILES string of the molecule is CCOc1ccccc1-c1nc2ccccc2c(=O)n1-c1cccc(-c2nn[nH]n2)c1. The predicted octanol–water partition coefficient (Wildman–Crippen LogP) is 3.63. The van der Waals surface area contributed by atoms with Gasteiger partial charge < -0.3 is 4.74 Å². The summed E-state index contributed by atoms with van der Waals surface area (Å²) in [5.41, 5.74) is 2.57. The third-order valence-electron chi connectivity index (χ3n) is 4.91. The Kier molecular flexibility index (Phi) is 4.72. The first kappa shape index (κ1) is 18.7. The Hall–Kier alpha value is -4.33. The zero-order chi connectivity index (χ0) is 21.2. The van der Waals surface area contributed by atoms with Crippen LogP contribution in [0.1, 0.15) is 6.92 Å².